The Morgan fingerprint density at radius 3 is 2.06 bits per heavy atom. The predicted molar refractivity (Wildman–Crippen MR) is 129 cm³/mol. The number of anilines is 1. The predicted octanol–water partition coefficient (Wildman–Crippen LogP) is 5.00. The summed E-state index contributed by atoms with van der Waals surface area (Å²) in [5.74, 6) is -4.94. The molecular weight excluding hydrogens is 489 g/mol. The second-order valence-electron chi connectivity index (χ2n) is 8.97. The lowest BCUT2D eigenvalue weighted by Crippen LogP contribution is -2.51. The highest BCUT2D eigenvalue weighted by molar-refractivity contribution is 6.42. The van der Waals surface area contributed by atoms with Crippen molar-refractivity contribution in [1.82, 2.24) is 0 Å². The van der Waals surface area contributed by atoms with Crippen LogP contribution in [0.25, 0.3) is 0 Å². The zero-order valence-electron chi connectivity index (χ0n) is 18.3. The number of carbonyl (C=O) groups is 4. The van der Waals surface area contributed by atoms with Gasteiger partial charge in [-0.2, -0.15) is 0 Å². The molecule has 3 atom stereocenters. The SMILES string of the molecule is Cc1ccc(N2C(=O)[C@@H]3[C@@H](C2=O)C2(O[C@H]3c3cccc(Cl)c3Cl)C(=O)c3ccccc3C2=O)cc1. The van der Waals surface area contributed by atoms with E-state index in [9.17, 15) is 19.2 Å². The third kappa shape index (κ3) is 2.82. The molecule has 6 rings (SSSR count). The van der Waals surface area contributed by atoms with E-state index in [0.717, 1.165) is 10.5 Å². The van der Waals surface area contributed by atoms with Gasteiger partial charge in [-0.1, -0.05) is 77.3 Å². The lowest BCUT2D eigenvalue weighted by molar-refractivity contribution is -0.127. The summed E-state index contributed by atoms with van der Waals surface area (Å²) < 4.78 is 6.24. The first-order chi connectivity index (χ1) is 16.8. The van der Waals surface area contributed by atoms with Gasteiger partial charge < -0.3 is 4.74 Å². The Bertz CT molecular complexity index is 1430. The summed E-state index contributed by atoms with van der Waals surface area (Å²) >= 11 is 12.7. The van der Waals surface area contributed by atoms with Gasteiger partial charge in [0.15, 0.2) is 0 Å². The van der Waals surface area contributed by atoms with Crippen LogP contribution in [0.1, 0.15) is 37.9 Å². The minimum atomic E-state index is -2.16. The quantitative estimate of drug-likeness (QED) is 0.361. The van der Waals surface area contributed by atoms with E-state index in [0.29, 0.717) is 11.3 Å². The number of benzene rings is 3. The number of carbonyl (C=O) groups excluding carboxylic acids is 4. The lowest BCUT2D eigenvalue weighted by Gasteiger charge is -2.27. The molecule has 2 fully saturated rings. The number of aryl methyl sites for hydroxylation is 1. The summed E-state index contributed by atoms with van der Waals surface area (Å²) in [7, 11) is 0. The Kier molecular flexibility index (Phi) is 4.81. The number of hydrogen-bond donors (Lipinski definition) is 0. The molecule has 0 saturated carbocycles. The van der Waals surface area contributed by atoms with Gasteiger partial charge in [-0.15, -0.1) is 0 Å². The van der Waals surface area contributed by atoms with Gasteiger partial charge in [0.25, 0.3) is 0 Å². The molecule has 0 bridgehead atoms. The summed E-state index contributed by atoms with van der Waals surface area (Å²) in [5.41, 5.74) is -0.160. The fourth-order valence-electron chi connectivity index (χ4n) is 5.49. The number of halogens is 2. The minimum Gasteiger partial charge on any atom is -0.349 e. The number of hydrogen-bond acceptors (Lipinski definition) is 5. The van der Waals surface area contributed by atoms with Gasteiger partial charge in [-0.05, 0) is 25.1 Å². The molecule has 8 heteroatoms. The van der Waals surface area contributed by atoms with Crippen molar-refractivity contribution in [3.8, 4) is 0 Å². The van der Waals surface area contributed by atoms with Crippen molar-refractivity contribution in [3.05, 3.63) is 99.0 Å². The molecule has 3 aromatic rings. The number of imide groups is 1. The Hall–Kier alpha value is -3.32. The van der Waals surface area contributed by atoms with Gasteiger partial charge in [0, 0.05) is 16.7 Å². The highest BCUT2D eigenvalue weighted by Gasteiger charge is 2.74. The van der Waals surface area contributed by atoms with Crippen LogP contribution in [0, 0.1) is 18.8 Å². The van der Waals surface area contributed by atoms with Crippen LogP contribution in [-0.2, 0) is 14.3 Å². The van der Waals surface area contributed by atoms with Crippen molar-refractivity contribution >= 4 is 52.3 Å². The highest BCUT2D eigenvalue weighted by atomic mass is 35.5. The molecule has 0 N–H and O–H groups in total. The third-order valence-electron chi connectivity index (χ3n) is 7.10. The summed E-state index contributed by atoms with van der Waals surface area (Å²) in [5, 5.41) is 0.365. The molecule has 2 saturated heterocycles. The van der Waals surface area contributed by atoms with Crippen LogP contribution in [0.2, 0.25) is 10.0 Å². The van der Waals surface area contributed by atoms with Gasteiger partial charge in [-0.25, -0.2) is 4.90 Å². The maximum absolute atomic E-state index is 13.9. The Labute approximate surface area is 210 Å². The first-order valence-electron chi connectivity index (χ1n) is 11.0. The Morgan fingerprint density at radius 1 is 0.800 bits per heavy atom. The average Bonchev–Trinajstić information content (AvgIpc) is 3.42. The highest BCUT2D eigenvalue weighted by Crippen LogP contribution is 2.58. The van der Waals surface area contributed by atoms with Crippen LogP contribution in [0.4, 0.5) is 5.69 Å². The number of Topliss-reactive ketones (excluding diaryl/α,β-unsaturated/α-hetero) is 2. The maximum Gasteiger partial charge on any atom is 0.241 e. The van der Waals surface area contributed by atoms with Crippen molar-refractivity contribution in [2.75, 3.05) is 4.90 Å². The minimum absolute atomic E-state index is 0.138. The molecule has 2 aliphatic heterocycles. The molecule has 3 aliphatic rings. The molecule has 0 aromatic heterocycles. The summed E-state index contributed by atoms with van der Waals surface area (Å²) in [6.07, 6.45) is -1.12. The molecule has 35 heavy (non-hydrogen) atoms. The largest absolute Gasteiger partial charge is 0.349 e. The van der Waals surface area contributed by atoms with E-state index in [2.05, 4.69) is 0 Å². The zero-order chi connectivity index (χ0) is 24.6. The van der Waals surface area contributed by atoms with Crippen LogP contribution in [0.5, 0.6) is 0 Å². The van der Waals surface area contributed by atoms with Crippen molar-refractivity contribution in [3.63, 3.8) is 0 Å². The lowest BCUT2D eigenvalue weighted by atomic mass is 9.77. The number of amides is 2. The first kappa shape index (κ1) is 22.2. The molecule has 2 amide bonds. The number of ether oxygens (including phenoxy) is 1. The fraction of sp³-hybridized carbons (Fsp3) is 0.185. The molecule has 6 nitrogen and oxygen atoms in total. The van der Waals surface area contributed by atoms with Crippen molar-refractivity contribution in [1.29, 1.82) is 0 Å². The number of fused-ring (bicyclic) bond motifs is 3. The van der Waals surface area contributed by atoms with Gasteiger partial charge >= 0.3 is 0 Å². The third-order valence-corrected chi connectivity index (χ3v) is 7.93. The molecule has 1 spiro atoms. The molecule has 0 unspecified atom stereocenters. The summed E-state index contributed by atoms with van der Waals surface area (Å²) in [4.78, 5) is 56.3. The van der Waals surface area contributed by atoms with E-state index in [-0.39, 0.29) is 21.2 Å². The van der Waals surface area contributed by atoms with E-state index < -0.39 is 46.9 Å². The Balaban J connectivity index is 1.57. The normalized spacial score (nSPS) is 24.4. The molecule has 0 radical (unpaired) electrons. The topological polar surface area (TPSA) is 80.8 Å². The second-order valence-corrected chi connectivity index (χ2v) is 9.76. The molecule has 174 valence electrons. The van der Waals surface area contributed by atoms with Crippen LogP contribution < -0.4 is 4.90 Å². The average molecular weight is 506 g/mol. The van der Waals surface area contributed by atoms with Crippen molar-refractivity contribution in [2.45, 2.75) is 18.6 Å². The Morgan fingerprint density at radius 2 is 1.43 bits per heavy atom. The van der Waals surface area contributed by atoms with Gasteiger partial charge in [0.2, 0.25) is 29.0 Å². The van der Waals surface area contributed by atoms with Crippen LogP contribution >= 0.6 is 23.2 Å². The monoisotopic (exact) mass is 505 g/mol. The maximum atomic E-state index is 13.9. The van der Waals surface area contributed by atoms with E-state index in [1.807, 2.05) is 6.92 Å². The van der Waals surface area contributed by atoms with Gasteiger partial charge in [0.1, 0.15) is 0 Å². The summed E-state index contributed by atoms with van der Waals surface area (Å²) in [6.45, 7) is 1.89. The number of ketones is 2. The molecular formula is C27H17Cl2NO5. The van der Waals surface area contributed by atoms with Crippen LogP contribution in [0.3, 0.4) is 0 Å². The molecule has 3 aromatic carbocycles. The van der Waals surface area contributed by atoms with Crippen LogP contribution in [-0.4, -0.2) is 29.0 Å². The first-order valence-corrected chi connectivity index (χ1v) is 11.8. The van der Waals surface area contributed by atoms with E-state index in [1.165, 1.54) is 12.1 Å². The van der Waals surface area contributed by atoms with E-state index >= 15 is 0 Å². The fourth-order valence-corrected chi connectivity index (χ4v) is 5.90. The number of nitrogens with zero attached hydrogens (tertiary/aromatic N) is 1. The smallest absolute Gasteiger partial charge is 0.241 e. The van der Waals surface area contributed by atoms with Gasteiger partial charge in [0.05, 0.1) is 33.7 Å². The van der Waals surface area contributed by atoms with Crippen molar-refractivity contribution in [2.24, 2.45) is 11.8 Å². The summed E-state index contributed by atoms with van der Waals surface area (Å²) in [6, 6.07) is 18.1. The molecule has 2 heterocycles. The van der Waals surface area contributed by atoms with Crippen molar-refractivity contribution < 1.29 is 23.9 Å². The van der Waals surface area contributed by atoms with E-state index in [1.54, 1.807) is 54.6 Å². The second kappa shape index (κ2) is 7.59. The zero-order valence-corrected chi connectivity index (χ0v) is 19.8. The van der Waals surface area contributed by atoms with Crippen LogP contribution in [0.15, 0.2) is 66.7 Å². The van der Waals surface area contributed by atoms with Gasteiger partial charge in [-0.3, -0.25) is 19.2 Å². The number of rotatable bonds is 2. The van der Waals surface area contributed by atoms with E-state index in [4.69, 9.17) is 27.9 Å². The molecule has 1 aliphatic carbocycles. The standard InChI is InChI=1S/C27H17Cl2NO5/c1-13-9-11-14(12-10-13)30-25(33)19-20(26(30)34)27(23(31)15-5-2-3-6-16(15)24(27)32)35-22(19)17-7-4-8-18(28)21(17)29/h2-12,19-20,22H,1H3/t19-,20+,22+/m1/s1.